The lowest BCUT2D eigenvalue weighted by atomic mass is 9.80. The lowest BCUT2D eigenvalue weighted by Crippen LogP contribution is -2.18. The average Bonchev–Trinajstić information content (AvgIpc) is 2.37. The normalized spacial score (nSPS) is 19.7. The molecule has 1 aliphatic rings. The van der Waals surface area contributed by atoms with E-state index in [-0.39, 0.29) is 5.92 Å². The molecule has 1 aliphatic carbocycles. The molecule has 18 heavy (non-hydrogen) atoms. The molecule has 1 saturated carbocycles. The summed E-state index contributed by atoms with van der Waals surface area (Å²) in [5.74, 6) is 0.589. The van der Waals surface area contributed by atoms with Gasteiger partial charge in [0.05, 0.1) is 0 Å². The van der Waals surface area contributed by atoms with Gasteiger partial charge in [-0.05, 0) is 44.2 Å². The summed E-state index contributed by atoms with van der Waals surface area (Å²) in [6.07, 6.45) is 7.25. The Bertz CT molecular complexity index is 452. The molecule has 0 saturated heterocycles. The molecule has 0 N–H and O–H groups in total. The fraction of sp³-hybridized carbons (Fsp3) is 0.471. The van der Waals surface area contributed by atoms with Gasteiger partial charge < -0.3 is 0 Å². The fourth-order valence-corrected chi connectivity index (χ4v) is 2.69. The quantitative estimate of drug-likeness (QED) is 0.717. The molecular weight excluding hydrogens is 220 g/mol. The first-order valence-electron chi connectivity index (χ1n) is 6.92. The first-order chi connectivity index (χ1) is 8.68. The molecule has 2 rings (SSSR count). The van der Waals surface area contributed by atoms with Crippen LogP contribution in [0.15, 0.2) is 35.9 Å². The number of rotatable bonds is 3. The van der Waals surface area contributed by atoms with Crippen molar-refractivity contribution >= 4 is 5.78 Å². The van der Waals surface area contributed by atoms with Crippen molar-refractivity contribution in [2.24, 2.45) is 0 Å². The van der Waals surface area contributed by atoms with Crippen LogP contribution in [0.25, 0.3) is 0 Å². The van der Waals surface area contributed by atoms with Gasteiger partial charge in [0, 0.05) is 12.3 Å². The van der Waals surface area contributed by atoms with Gasteiger partial charge in [-0.3, -0.25) is 4.79 Å². The molecule has 1 heteroatoms. The van der Waals surface area contributed by atoms with Crippen molar-refractivity contribution in [1.29, 1.82) is 0 Å². The standard InChI is InChI=1S/C17H22O/c1-13(2)11-12-14-7-3-4-8-15(14)16-9-5-6-10-17(16)18/h3-4,7-8,11,16H,5-6,9-10,12H2,1-2H3. The molecule has 0 spiro atoms. The summed E-state index contributed by atoms with van der Waals surface area (Å²) in [7, 11) is 0. The number of Topliss-reactive ketones (excluding diaryl/α,β-unsaturated/α-hetero) is 1. The zero-order valence-electron chi connectivity index (χ0n) is 11.4. The number of allylic oxidation sites excluding steroid dienone is 2. The molecule has 0 heterocycles. The Balaban J connectivity index is 2.26. The highest BCUT2D eigenvalue weighted by molar-refractivity contribution is 5.86. The summed E-state index contributed by atoms with van der Waals surface area (Å²) in [5, 5.41) is 0. The van der Waals surface area contributed by atoms with E-state index in [1.807, 2.05) is 0 Å². The molecule has 1 nitrogen and oxygen atoms in total. The highest BCUT2D eigenvalue weighted by atomic mass is 16.1. The van der Waals surface area contributed by atoms with Gasteiger partial charge in [-0.25, -0.2) is 0 Å². The minimum absolute atomic E-state index is 0.153. The minimum atomic E-state index is 0.153. The zero-order valence-corrected chi connectivity index (χ0v) is 11.4. The van der Waals surface area contributed by atoms with Gasteiger partial charge in [0.2, 0.25) is 0 Å². The third-order valence-corrected chi connectivity index (χ3v) is 3.72. The Morgan fingerprint density at radius 2 is 2.06 bits per heavy atom. The van der Waals surface area contributed by atoms with E-state index in [1.54, 1.807) is 0 Å². The average molecular weight is 242 g/mol. The number of ketones is 1. The molecule has 1 fully saturated rings. The van der Waals surface area contributed by atoms with Crippen molar-refractivity contribution in [2.75, 3.05) is 0 Å². The van der Waals surface area contributed by atoms with E-state index in [9.17, 15) is 4.79 Å². The third kappa shape index (κ3) is 3.10. The van der Waals surface area contributed by atoms with Crippen molar-refractivity contribution < 1.29 is 4.79 Å². The van der Waals surface area contributed by atoms with Crippen LogP contribution in [0, 0.1) is 0 Å². The van der Waals surface area contributed by atoms with Crippen LogP contribution in [-0.4, -0.2) is 5.78 Å². The molecule has 1 aromatic rings. The lowest BCUT2D eigenvalue weighted by molar-refractivity contribution is -0.121. The minimum Gasteiger partial charge on any atom is -0.299 e. The second-order valence-corrected chi connectivity index (χ2v) is 5.45. The number of carbonyl (C=O) groups excluding carboxylic acids is 1. The van der Waals surface area contributed by atoms with Crippen molar-refractivity contribution in [3.05, 3.63) is 47.0 Å². The maximum atomic E-state index is 12.1. The SMILES string of the molecule is CC(C)=CCc1ccccc1C1CCCCC1=O. The van der Waals surface area contributed by atoms with E-state index in [2.05, 4.69) is 44.2 Å². The van der Waals surface area contributed by atoms with Crippen LogP contribution in [0.2, 0.25) is 0 Å². The van der Waals surface area contributed by atoms with Crippen LogP contribution in [0.5, 0.6) is 0 Å². The Kier molecular flexibility index (Phi) is 4.35. The van der Waals surface area contributed by atoms with Crippen LogP contribution in [0.3, 0.4) is 0 Å². The largest absolute Gasteiger partial charge is 0.299 e. The summed E-state index contributed by atoms with van der Waals surface area (Å²) in [4.78, 5) is 12.1. The Labute approximate surface area is 110 Å². The fourth-order valence-electron chi connectivity index (χ4n) is 2.69. The number of hydrogen-bond donors (Lipinski definition) is 0. The van der Waals surface area contributed by atoms with E-state index in [4.69, 9.17) is 0 Å². The summed E-state index contributed by atoms with van der Waals surface area (Å²) in [5.41, 5.74) is 3.92. The highest BCUT2D eigenvalue weighted by Gasteiger charge is 2.25. The van der Waals surface area contributed by atoms with E-state index in [0.29, 0.717) is 5.78 Å². The van der Waals surface area contributed by atoms with E-state index < -0.39 is 0 Å². The first-order valence-corrected chi connectivity index (χ1v) is 6.92. The van der Waals surface area contributed by atoms with E-state index in [0.717, 1.165) is 25.7 Å². The second-order valence-electron chi connectivity index (χ2n) is 5.45. The van der Waals surface area contributed by atoms with Gasteiger partial charge in [0.15, 0.2) is 0 Å². The first kappa shape index (κ1) is 13.1. The van der Waals surface area contributed by atoms with Gasteiger partial charge in [-0.2, -0.15) is 0 Å². The number of carbonyl (C=O) groups is 1. The predicted octanol–water partition coefficient (Wildman–Crippen LogP) is 4.42. The smallest absolute Gasteiger partial charge is 0.140 e. The summed E-state index contributed by atoms with van der Waals surface area (Å²) < 4.78 is 0. The number of benzene rings is 1. The Morgan fingerprint density at radius 3 is 2.78 bits per heavy atom. The summed E-state index contributed by atoms with van der Waals surface area (Å²) in [6, 6.07) is 8.44. The molecule has 1 atom stereocenters. The molecular formula is C17H22O. The molecule has 0 radical (unpaired) electrons. The van der Waals surface area contributed by atoms with Gasteiger partial charge in [0.1, 0.15) is 5.78 Å². The molecule has 0 bridgehead atoms. The van der Waals surface area contributed by atoms with Crippen LogP contribution in [-0.2, 0) is 11.2 Å². The van der Waals surface area contributed by atoms with Crippen LogP contribution in [0.1, 0.15) is 56.6 Å². The maximum Gasteiger partial charge on any atom is 0.140 e. The summed E-state index contributed by atoms with van der Waals surface area (Å²) >= 11 is 0. The van der Waals surface area contributed by atoms with Crippen LogP contribution < -0.4 is 0 Å². The van der Waals surface area contributed by atoms with Crippen LogP contribution >= 0.6 is 0 Å². The van der Waals surface area contributed by atoms with Gasteiger partial charge in [0.25, 0.3) is 0 Å². The summed E-state index contributed by atoms with van der Waals surface area (Å²) in [6.45, 7) is 4.24. The van der Waals surface area contributed by atoms with Crippen molar-refractivity contribution in [1.82, 2.24) is 0 Å². The topological polar surface area (TPSA) is 17.1 Å². The lowest BCUT2D eigenvalue weighted by Gasteiger charge is -2.23. The predicted molar refractivity (Wildman–Crippen MR) is 75.8 cm³/mol. The van der Waals surface area contributed by atoms with Crippen molar-refractivity contribution in [2.45, 2.75) is 51.9 Å². The Morgan fingerprint density at radius 1 is 1.28 bits per heavy atom. The van der Waals surface area contributed by atoms with E-state index >= 15 is 0 Å². The van der Waals surface area contributed by atoms with Gasteiger partial charge >= 0.3 is 0 Å². The Hall–Kier alpha value is -1.37. The monoisotopic (exact) mass is 242 g/mol. The van der Waals surface area contributed by atoms with Gasteiger partial charge in [-0.1, -0.05) is 42.3 Å². The number of hydrogen-bond acceptors (Lipinski definition) is 1. The molecule has 0 aromatic heterocycles. The molecule has 96 valence electrons. The molecule has 1 unspecified atom stereocenters. The maximum absolute atomic E-state index is 12.1. The van der Waals surface area contributed by atoms with Crippen molar-refractivity contribution in [3.8, 4) is 0 Å². The third-order valence-electron chi connectivity index (χ3n) is 3.72. The molecule has 0 aliphatic heterocycles. The van der Waals surface area contributed by atoms with Gasteiger partial charge in [-0.15, -0.1) is 0 Å². The van der Waals surface area contributed by atoms with Crippen molar-refractivity contribution in [3.63, 3.8) is 0 Å². The highest BCUT2D eigenvalue weighted by Crippen LogP contribution is 2.32. The van der Waals surface area contributed by atoms with Crippen LogP contribution in [0.4, 0.5) is 0 Å². The molecule has 0 amide bonds. The zero-order chi connectivity index (χ0) is 13.0. The second kappa shape index (κ2) is 5.99. The molecule has 1 aromatic carbocycles. The van der Waals surface area contributed by atoms with E-state index in [1.165, 1.54) is 23.1 Å².